The van der Waals surface area contributed by atoms with Gasteiger partial charge in [0.1, 0.15) is 0 Å². The first-order valence-electron chi connectivity index (χ1n) is 9.92. The number of amides is 1. The highest BCUT2D eigenvalue weighted by Gasteiger charge is 2.20. The molecule has 0 N–H and O–H groups in total. The molecular formula is C23H26F2N2O3. The minimum absolute atomic E-state index is 0.0789. The van der Waals surface area contributed by atoms with Gasteiger partial charge in [-0.1, -0.05) is 42.5 Å². The van der Waals surface area contributed by atoms with Crippen molar-refractivity contribution < 1.29 is 23.0 Å². The molecule has 30 heavy (non-hydrogen) atoms. The molecule has 2 aromatic carbocycles. The molecule has 0 aliphatic carbocycles. The maximum atomic E-state index is 12.7. The molecule has 1 aliphatic rings. The lowest BCUT2D eigenvalue weighted by Gasteiger charge is -2.34. The molecule has 1 fully saturated rings. The molecule has 0 unspecified atom stereocenters. The van der Waals surface area contributed by atoms with Gasteiger partial charge < -0.3 is 14.4 Å². The summed E-state index contributed by atoms with van der Waals surface area (Å²) in [6, 6.07) is 15.1. The molecule has 1 aliphatic heterocycles. The lowest BCUT2D eigenvalue weighted by Crippen LogP contribution is -2.48. The number of piperazine rings is 1. The predicted molar refractivity (Wildman–Crippen MR) is 112 cm³/mol. The number of hydrogen-bond donors (Lipinski definition) is 0. The van der Waals surface area contributed by atoms with Crippen LogP contribution in [0.15, 0.2) is 54.6 Å². The summed E-state index contributed by atoms with van der Waals surface area (Å²) < 4.78 is 35.1. The number of carbonyl (C=O) groups excluding carboxylic acids is 1. The maximum Gasteiger partial charge on any atom is 0.387 e. The number of nitrogens with zero attached hydrogens (tertiary/aromatic N) is 2. The Morgan fingerprint density at radius 2 is 1.80 bits per heavy atom. The van der Waals surface area contributed by atoms with Crippen LogP contribution in [-0.2, 0) is 11.2 Å². The quantitative estimate of drug-likeness (QED) is 0.616. The summed E-state index contributed by atoms with van der Waals surface area (Å²) in [5, 5.41) is 0. The average Bonchev–Trinajstić information content (AvgIpc) is 2.77. The van der Waals surface area contributed by atoms with E-state index in [-0.39, 0.29) is 17.4 Å². The van der Waals surface area contributed by atoms with Crippen LogP contribution < -0.4 is 9.47 Å². The third-order valence-corrected chi connectivity index (χ3v) is 5.09. The Labute approximate surface area is 175 Å². The third-order valence-electron chi connectivity index (χ3n) is 5.09. The Morgan fingerprint density at radius 1 is 1.07 bits per heavy atom. The lowest BCUT2D eigenvalue weighted by atomic mass is 10.1. The molecule has 1 heterocycles. The molecule has 0 radical (unpaired) electrons. The van der Waals surface area contributed by atoms with E-state index in [1.165, 1.54) is 30.9 Å². The van der Waals surface area contributed by atoms with Gasteiger partial charge >= 0.3 is 6.61 Å². The second-order valence-corrected chi connectivity index (χ2v) is 6.99. The topological polar surface area (TPSA) is 42.0 Å². The standard InChI is InChI=1S/C23H26F2N2O3/c1-29-20-9-5-8-19(22(20)30-23(24)25)10-11-21(28)27-16-14-26(15-17-27)13-12-18-6-3-2-4-7-18/h2-11,23H,12-17H2,1H3/b11-10-. The summed E-state index contributed by atoms with van der Waals surface area (Å²) in [5.74, 6) is -0.0368. The minimum Gasteiger partial charge on any atom is -0.493 e. The first-order valence-corrected chi connectivity index (χ1v) is 9.92. The van der Waals surface area contributed by atoms with E-state index in [1.54, 1.807) is 17.0 Å². The van der Waals surface area contributed by atoms with Crippen LogP contribution in [0.4, 0.5) is 8.78 Å². The fourth-order valence-electron chi connectivity index (χ4n) is 3.43. The van der Waals surface area contributed by atoms with Crippen LogP contribution >= 0.6 is 0 Å². The van der Waals surface area contributed by atoms with Gasteiger partial charge in [0, 0.05) is 44.4 Å². The van der Waals surface area contributed by atoms with Gasteiger partial charge in [-0.3, -0.25) is 9.69 Å². The Morgan fingerprint density at radius 3 is 2.47 bits per heavy atom. The molecule has 0 aromatic heterocycles. The number of benzene rings is 2. The Bertz CT molecular complexity index is 851. The zero-order valence-corrected chi connectivity index (χ0v) is 17.0. The smallest absolute Gasteiger partial charge is 0.387 e. The fourth-order valence-corrected chi connectivity index (χ4v) is 3.43. The average molecular weight is 416 g/mol. The van der Waals surface area contributed by atoms with Crippen molar-refractivity contribution in [3.63, 3.8) is 0 Å². The van der Waals surface area contributed by atoms with Crippen molar-refractivity contribution in [2.75, 3.05) is 39.8 Å². The summed E-state index contributed by atoms with van der Waals surface area (Å²) in [6.45, 7) is 0.872. The van der Waals surface area contributed by atoms with E-state index in [4.69, 9.17) is 4.74 Å². The van der Waals surface area contributed by atoms with Gasteiger partial charge in [-0.25, -0.2) is 0 Å². The van der Waals surface area contributed by atoms with E-state index in [1.807, 2.05) is 18.2 Å². The number of para-hydroxylation sites is 1. The van der Waals surface area contributed by atoms with Crippen molar-refractivity contribution in [3.05, 3.63) is 65.7 Å². The number of alkyl halides is 2. The van der Waals surface area contributed by atoms with Crippen LogP contribution in [0.5, 0.6) is 11.5 Å². The van der Waals surface area contributed by atoms with Gasteiger partial charge in [-0.15, -0.1) is 0 Å². The fraction of sp³-hybridized carbons (Fsp3) is 0.348. The molecule has 0 atom stereocenters. The SMILES string of the molecule is COc1cccc(/C=C\C(=O)N2CCN(CCc3ccccc3)CC2)c1OC(F)F. The Balaban J connectivity index is 1.54. The molecule has 0 saturated carbocycles. The molecular weight excluding hydrogens is 390 g/mol. The normalized spacial score (nSPS) is 15.0. The van der Waals surface area contributed by atoms with E-state index >= 15 is 0 Å². The number of halogens is 2. The number of methoxy groups -OCH3 is 1. The third kappa shape index (κ3) is 6.03. The van der Waals surface area contributed by atoms with Gasteiger partial charge in [0.25, 0.3) is 0 Å². The Kier molecular flexibility index (Phi) is 7.79. The summed E-state index contributed by atoms with van der Waals surface area (Å²) >= 11 is 0. The van der Waals surface area contributed by atoms with Crippen LogP contribution in [0.3, 0.4) is 0 Å². The van der Waals surface area contributed by atoms with Crippen LogP contribution in [0.2, 0.25) is 0 Å². The second kappa shape index (κ2) is 10.7. The van der Waals surface area contributed by atoms with Crippen LogP contribution in [0.1, 0.15) is 11.1 Å². The highest BCUT2D eigenvalue weighted by Crippen LogP contribution is 2.33. The van der Waals surface area contributed by atoms with Crippen LogP contribution in [0.25, 0.3) is 6.08 Å². The molecule has 1 saturated heterocycles. The van der Waals surface area contributed by atoms with Crippen molar-refractivity contribution in [2.24, 2.45) is 0 Å². The van der Waals surface area contributed by atoms with Gasteiger partial charge in [0.2, 0.25) is 5.91 Å². The minimum atomic E-state index is -2.98. The number of carbonyl (C=O) groups is 1. The van der Waals surface area contributed by atoms with Crippen molar-refractivity contribution in [1.29, 1.82) is 0 Å². The van der Waals surface area contributed by atoms with Gasteiger partial charge in [-0.05, 0) is 24.1 Å². The molecule has 160 valence electrons. The van der Waals surface area contributed by atoms with Crippen molar-refractivity contribution in [2.45, 2.75) is 13.0 Å². The summed E-state index contributed by atoms with van der Waals surface area (Å²) in [5.41, 5.74) is 1.67. The van der Waals surface area contributed by atoms with E-state index in [0.717, 1.165) is 26.1 Å². The zero-order valence-electron chi connectivity index (χ0n) is 17.0. The van der Waals surface area contributed by atoms with E-state index in [2.05, 4.69) is 21.8 Å². The van der Waals surface area contributed by atoms with E-state index in [9.17, 15) is 13.6 Å². The molecule has 5 nitrogen and oxygen atoms in total. The first-order chi connectivity index (χ1) is 14.6. The predicted octanol–water partition coefficient (Wildman–Crippen LogP) is 3.70. The van der Waals surface area contributed by atoms with E-state index < -0.39 is 6.61 Å². The van der Waals surface area contributed by atoms with Crippen LogP contribution in [-0.4, -0.2) is 62.2 Å². The lowest BCUT2D eigenvalue weighted by molar-refractivity contribution is -0.127. The second-order valence-electron chi connectivity index (χ2n) is 6.99. The van der Waals surface area contributed by atoms with Crippen LogP contribution in [0, 0.1) is 0 Å². The summed E-state index contributed by atoms with van der Waals surface area (Å²) in [6.07, 6.45) is 3.87. The largest absolute Gasteiger partial charge is 0.493 e. The highest BCUT2D eigenvalue weighted by atomic mass is 19.3. The maximum absolute atomic E-state index is 12.7. The molecule has 2 aromatic rings. The first kappa shape index (κ1) is 21.8. The highest BCUT2D eigenvalue weighted by molar-refractivity contribution is 5.92. The molecule has 3 rings (SSSR count). The van der Waals surface area contributed by atoms with Gasteiger partial charge in [-0.2, -0.15) is 8.78 Å². The number of rotatable bonds is 8. The molecule has 0 bridgehead atoms. The molecule has 1 amide bonds. The molecule has 0 spiro atoms. The Hall–Kier alpha value is -2.93. The van der Waals surface area contributed by atoms with Crippen molar-refractivity contribution >= 4 is 12.0 Å². The van der Waals surface area contributed by atoms with Crippen molar-refractivity contribution in [1.82, 2.24) is 9.80 Å². The number of ether oxygens (including phenoxy) is 2. The zero-order chi connectivity index (χ0) is 21.3. The van der Waals surface area contributed by atoms with Gasteiger partial charge in [0.15, 0.2) is 11.5 Å². The molecule has 7 heteroatoms. The monoisotopic (exact) mass is 416 g/mol. The van der Waals surface area contributed by atoms with Gasteiger partial charge in [0.05, 0.1) is 7.11 Å². The summed E-state index contributed by atoms with van der Waals surface area (Å²) in [7, 11) is 1.38. The van der Waals surface area contributed by atoms with E-state index in [0.29, 0.717) is 18.7 Å². The summed E-state index contributed by atoms with van der Waals surface area (Å²) in [4.78, 5) is 16.7. The van der Waals surface area contributed by atoms with Crippen molar-refractivity contribution in [3.8, 4) is 11.5 Å². The number of hydrogen-bond acceptors (Lipinski definition) is 4.